The molecule has 142 valence electrons. The van der Waals surface area contributed by atoms with Crippen molar-refractivity contribution in [2.75, 3.05) is 38.6 Å². The Morgan fingerprint density at radius 1 is 1.31 bits per heavy atom. The summed E-state index contributed by atoms with van der Waals surface area (Å²) in [5.41, 5.74) is 11.3. The van der Waals surface area contributed by atoms with E-state index in [-0.39, 0.29) is 17.4 Å². The zero-order valence-electron chi connectivity index (χ0n) is 14.8. The molecule has 1 atom stereocenters. The lowest BCUT2D eigenvalue weighted by Crippen LogP contribution is -2.44. The molecule has 1 heterocycles. The molecule has 0 unspecified atom stereocenters. The zero-order valence-corrected chi connectivity index (χ0v) is 14.8. The maximum Gasteiger partial charge on any atom is 0.319 e. The number of carbonyl (C=O) groups excluding carboxylic acids is 3. The first kappa shape index (κ1) is 19.5. The molecule has 0 aromatic heterocycles. The number of primary amides is 2. The topological polar surface area (TPSA) is 140 Å². The van der Waals surface area contributed by atoms with Crippen LogP contribution in [0.15, 0.2) is 18.2 Å². The summed E-state index contributed by atoms with van der Waals surface area (Å²) < 4.78 is 5.06. The van der Waals surface area contributed by atoms with Crippen LogP contribution in [0.5, 0.6) is 5.75 Å². The molecule has 6 N–H and O–H groups in total. The second-order valence-corrected chi connectivity index (χ2v) is 6.20. The van der Waals surface area contributed by atoms with Crippen molar-refractivity contribution in [2.24, 2.45) is 17.4 Å². The molecule has 9 heteroatoms. The number of amides is 4. The lowest BCUT2D eigenvalue weighted by molar-refractivity contribution is -0.123. The molecule has 0 spiro atoms. The van der Waals surface area contributed by atoms with Gasteiger partial charge in [0.25, 0.3) is 5.91 Å². The lowest BCUT2D eigenvalue weighted by atomic mass is 9.97. The monoisotopic (exact) mass is 363 g/mol. The molecule has 0 saturated carbocycles. The van der Waals surface area contributed by atoms with Crippen LogP contribution in [-0.2, 0) is 4.79 Å². The number of nitrogens with zero attached hydrogens (tertiary/aromatic N) is 1. The van der Waals surface area contributed by atoms with Crippen LogP contribution in [0.2, 0.25) is 0 Å². The van der Waals surface area contributed by atoms with Gasteiger partial charge >= 0.3 is 6.03 Å². The number of urea groups is 1. The number of nitrogens with one attached hydrogen (secondary N) is 2. The lowest BCUT2D eigenvalue weighted by Gasteiger charge is -2.31. The standard InChI is InChI=1S/C17H25N5O4/c1-26-14-5-4-12(9-13(14)16(19)24)21-17(25)20-6-8-22-7-2-3-11(10-22)15(18)23/h4-5,9,11H,2-3,6-8,10H2,1H3,(H2,18,23)(H2,19,24)(H2,20,21,25)/t11-/m0/s1. The number of methoxy groups -OCH3 is 1. The molecule has 0 bridgehead atoms. The molecule has 1 fully saturated rings. The van der Waals surface area contributed by atoms with E-state index in [0.717, 1.165) is 19.4 Å². The maximum absolute atomic E-state index is 12.0. The minimum absolute atomic E-state index is 0.121. The summed E-state index contributed by atoms with van der Waals surface area (Å²) in [5.74, 6) is -0.688. The van der Waals surface area contributed by atoms with Gasteiger partial charge in [0.1, 0.15) is 5.75 Å². The van der Waals surface area contributed by atoms with Crippen molar-refractivity contribution in [1.29, 1.82) is 0 Å². The van der Waals surface area contributed by atoms with Crippen LogP contribution in [0.1, 0.15) is 23.2 Å². The van der Waals surface area contributed by atoms with Gasteiger partial charge in [0, 0.05) is 25.3 Å². The highest BCUT2D eigenvalue weighted by Crippen LogP contribution is 2.22. The van der Waals surface area contributed by atoms with Gasteiger partial charge in [-0.3, -0.25) is 9.59 Å². The fourth-order valence-corrected chi connectivity index (χ4v) is 2.97. The molecule has 0 aliphatic carbocycles. The quantitative estimate of drug-likeness (QED) is 0.544. The van der Waals surface area contributed by atoms with Gasteiger partial charge in [0.2, 0.25) is 5.91 Å². The number of benzene rings is 1. The normalized spacial score (nSPS) is 17.3. The highest BCUT2D eigenvalue weighted by Gasteiger charge is 2.23. The van der Waals surface area contributed by atoms with Crippen molar-refractivity contribution in [3.05, 3.63) is 23.8 Å². The van der Waals surface area contributed by atoms with E-state index in [2.05, 4.69) is 15.5 Å². The number of nitrogens with two attached hydrogens (primary N) is 2. The smallest absolute Gasteiger partial charge is 0.319 e. The number of carbonyl (C=O) groups is 3. The minimum Gasteiger partial charge on any atom is -0.496 e. The van der Waals surface area contributed by atoms with Crippen molar-refractivity contribution in [3.8, 4) is 5.75 Å². The third-order valence-corrected chi connectivity index (χ3v) is 4.34. The third kappa shape index (κ3) is 5.35. The van der Waals surface area contributed by atoms with E-state index in [1.165, 1.54) is 13.2 Å². The van der Waals surface area contributed by atoms with E-state index in [0.29, 0.717) is 31.1 Å². The molecule has 1 aromatic carbocycles. The summed E-state index contributed by atoms with van der Waals surface area (Å²) >= 11 is 0. The van der Waals surface area contributed by atoms with Gasteiger partial charge in [-0.2, -0.15) is 0 Å². The van der Waals surface area contributed by atoms with Crippen LogP contribution in [0, 0.1) is 5.92 Å². The molecule has 1 aliphatic rings. The van der Waals surface area contributed by atoms with Gasteiger partial charge in [0.15, 0.2) is 0 Å². The number of hydrogen-bond acceptors (Lipinski definition) is 5. The molecule has 2 rings (SSSR count). The Bertz CT molecular complexity index is 679. The van der Waals surface area contributed by atoms with Gasteiger partial charge in [-0.15, -0.1) is 0 Å². The summed E-state index contributed by atoms with van der Waals surface area (Å²) in [5, 5.41) is 5.39. The molecule has 1 aliphatic heterocycles. The van der Waals surface area contributed by atoms with E-state index in [1.54, 1.807) is 12.1 Å². The van der Waals surface area contributed by atoms with Crippen LogP contribution >= 0.6 is 0 Å². The Hall–Kier alpha value is -2.81. The van der Waals surface area contributed by atoms with Gasteiger partial charge in [-0.25, -0.2) is 4.79 Å². The van der Waals surface area contributed by atoms with Crippen molar-refractivity contribution in [1.82, 2.24) is 10.2 Å². The molecule has 4 amide bonds. The molecular formula is C17H25N5O4. The fourth-order valence-electron chi connectivity index (χ4n) is 2.97. The van der Waals surface area contributed by atoms with Crippen molar-refractivity contribution in [2.45, 2.75) is 12.8 Å². The summed E-state index contributed by atoms with van der Waals surface area (Å²) in [6, 6.07) is 4.25. The highest BCUT2D eigenvalue weighted by molar-refractivity contribution is 5.98. The number of likely N-dealkylation sites (tertiary alicyclic amines) is 1. The Morgan fingerprint density at radius 2 is 2.08 bits per heavy atom. The first-order chi connectivity index (χ1) is 12.4. The van der Waals surface area contributed by atoms with Crippen molar-refractivity contribution < 1.29 is 19.1 Å². The van der Waals surface area contributed by atoms with Crippen LogP contribution in [0.3, 0.4) is 0 Å². The second-order valence-electron chi connectivity index (χ2n) is 6.20. The third-order valence-electron chi connectivity index (χ3n) is 4.34. The van der Waals surface area contributed by atoms with E-state index in [4.69, 9.17) is 16.2 Å². The molecule has 1 saturated heterocycles. The Morgan fingerprint density at radius 3 is 2.73 bits per heavy atom. The van der Waals surface area contributed by atoms with Crippen LogP contribution < -0.4 is 26.8 Å². The first-order valence-electron chi connectivity index (χ1n) is 8.45. The fraction of sp³-hybridized carbons (Fsp3) is 0.471. The summed E-state index contributed by atoms with van der Waals surface area (Å²) in [6.07, 6.45) is 1.74. The SMILES string of the molecule is COc1ccc(NC(=O)NCCN2CCC[C@H](C(N)=O)C2)cc1C(N)=O. The Balaban J connectivity index is 1.81. The average molecular weight is 363 g/mol. The Kier molecular flexibility index (Phi) is 6.79. The van der Waals surface area contributed by atoms with Crippen LogP contribution in [0.25, 0.3) is 0 Å². The van der Waals surface area contributed by atoms with Gasteiger partial charge in [-0.05, 0) is 37.6 Å². The van der Waals surface area contributed by atoms with Crippen LogP contribution in [0.4, 0.5) is 10.5 Å². The largest absolute Gasteiger partial charge is 0.496 e. The van der Waals surface area contributed by atoms with Crippen LogP contribution in [-0.4, -0.2) is 56.0 Å². The highest BCUT2D eigenvalue weighted by atomic mass is 16.5. The molecule has 26 heavy (non-hydrogen) atoms. The van der Waals surface area contributed by atoms with E-state index < -0.39 is 11.9 Å². The number of piperidine rings is 1. The van der Waals surface area contributed by atoms with Crippen molar-refractivity contribution in [3.63, 3.8) is 0 Å². The molecule has 9 nitrogen and oxygen atoms in total. The van der Waals surface area contributed by atoms with E-state index in [1.807, 2.05) is 0 Å². The summed E-state index contributed by atoms with van der Waals surface area (Å²) in [6.45, 7) is 2.56. The molecule has 0 radical (unpaired) electrons. The molecular weight excluding hydrogens is 338 g/mol. The van der Waals surface area contributed by atoms with Gasteiger partial charge in [-0.1, -0.05) is 0 Å². The van der Waals surface area contributed by atoms with E-state index in [9.17, 15) is 14.4 Å². The zero-order chi connectivity index (χ0) is 19.1. The average Bonchev–Trinajstić information content (AvgIpc) is 2.61. The number of rotatable bonds is 7. The van der Waals surface area contributed by atoms with Crippen molar-refractivity contribution >= 4 is 23.5 Å². The first-order valence-corrected chi connectivity index (χ1v) is 8.45. The maximum atomic E-state index is 12.0. The predicted octanol–water partition coefficient (Wildman–Crippen LogP) is 0.113. The Labute approximate surface area is 152 Å². The number of hydrogen-bond donors (Lipinski definition) is 4. The summed E-state index contributed by atoms with van der Waals surface area (Å²) in [4.78, 5) is 36.8. The minimum atomic E-state index is -0.639. The number of ether oxygens (including phenoxy) is 1. The van der Waals surface area contributed by atoms with Gasteiger partial charge in [0.05, 0.1) is 18.6 Å². The van der Waals surface area contributed by atoms with Gasteiger partial charge < -0.3 is 31.7 Å². The second kappa shape index (κ2) is 9.04. The number of anilines is 1. The summed E-state index contributed by atoms with van der Waals surface area (Å²) in [7, 11) is 1.44. The van der Waals surface area contributed by atoms with E-state index >= 15 is 0 Å². The molecule has 1 aromatic rings. The predicted molar refractivity (Wildman–Crippen MR) is 96.9 cm³/mol.